The van der Waals surface area contributed by atoms with Crippen LogP contribution in [0.5, 0.6) is 0 Å². The Morgan fingerprint density at radius 3 is 2.45 bits per heavy atom. The number of carbonyl (C=O) groups is 3. The summed E-state index contributed by atoms with van der Waals surface area (Å²) in [4.78, 5) is 37.7. The molecule has 0 fully saturated rings. The van der Waals surface area contributed by atoms with Crippen molar-refractivity contribution in [2.75, 3.05) is 10.7 Å². The van der Waals surface area contributed by atoms with Crippen molar-refractivity contribution < 1.29 is 14.4 Å². The van der Waals surface area contributed by atoms with Crippen LogP contribution in [0.15, 0.2) is 46.9 Å². The maximum absolute atomic E-state index is 13.0. The molecule has 7 nitrogen and oxygen atoms in total. The number of nitrogens with one attached hydrogen (secondary N) is 3. The average Bonchev–Trinajstić information content (AvgIpc) is 3.07. The molecule has 1 atom stereocenters. The van der Waals surface area contributed by atoms with Crippen molar-refractivity contribution in [3.63, 3.8) is 0 Å². The lowest BCUT2D eigenvalue weighted by Crippen LogP contribution is -2.43. The molecular formula is C21H19BrCl2N4O3. The highest BCUT2D eigenvalue weighted by atomic mass is 79.9. The molecule has 10 heteroatoms. The summed E-state index contributed by atoms with van der Waals surface area (Å²) in [5.41, 5.74) is 3.62. The molecule has 0 saturated heterocycles. The summed E-state index contributed by atoms with van der Waals surface area (Å²) in [5.74, 6) is -2.18. The number of hydrogen-bond acceptors (Lipinski definition) is 3. The van der Waals surface area contributed by atoms with E-state index in [2.05, 4.69) is 32.0 Å². The number of amides is 3. The summed E-state index contributed by atoms with van der Waals surface area (Å²) in [6.07, 6.45) is 0.677. The lowest BCUT2D eigenvalue weighted by Gasteiger charge is -2.14. The van der Waals surface area contributed by atoms with Crippen LogP contribution in [0.2, 0.25) is 10.0 Å². The molecular weight excluding hydrogens is 507 g/mol. The van der Waals surface area contributed by atoms with Crippen molar-refractivity contribution in [1.82, 2.24) is 9.99 Å². The molecule has 1 aromatic heterocycles. The summed E-state index contributed by atoms with van der Waals surface area (Å²) >= 11 is 15.3. The van der Waals surface area contributed by atoms with Crippen LogP contribution in [0.25, 0.3) is 10.9 Å². The molecule has 0 aliphatic heterocycles. The van der Waals surface area contributed by atoms with Crippen molar-refractivity contribution >= 4 is 73.4 Å². The third-order valence-corrected chi connectivity index (χ3v) is 5.82. The molecule has 3 rings (SSSR count). The van der Waals surface area contributed by atoms with Crippen LogP contribution in [0, 0.1) is 0 Å². The zero-order valence-corrected chi connectivity index (χ0v) is 19.7. The number of aromatic nitrogens is 1. The maximum Gasteiger partial charge on any atom is 0.328 e. The minimum Gasteiger partial charge on any atom is -0.345 e. The number of benzene rings is 2. The van der Waals surface area contributed by atoms with Gasteiger partial charge in [0, 0.05) is 21.6 Å². The summed E-state index contributed by atoms with van der Waals surface area (Å²) in [7, 11) is 0. The predicted molar refractivity (Wildman–Crippen MR) is 126 cm³/mol. The number of halogens is 3. The Labute approximate surface area is 197 Å². The topological polar surface area (TPSA) is 92.2 Å². The van der Waals surface area contributed by atoms with E-state index in [-0.39, 0.29) is 11.7 Å². The van der Waals surface area contributed by atoms with Crippen LogP contribution in [-0.4, -0.2) is 28.4 Å². The second-order valence-electron chi connectivity index (χ2n) is 6.87. The summed E-state index contributed by atoms with van der Waals surface area (Å²) in [6, 6.07) is 11.4. The molecule has 2 aromatic carbocycles. The molecule has 0 bridgehead atoms. The van der Waals surface area contributed by atoms with Gasteiger partial charge >= 0.3 is 11.8 Å². The molecule has 0 aliphatic rings. The Morgan fingerprint density at radius 2 is 1.77 bits per heavy atom. The van der Waals surface area contributed by atoms with E-state index in [0.717, 1.165) is 4.47 Å². The molecule has 0 unspecified atom stereocenters. The minimum atomic E-state index is -0.885. The van der Waals surface area contributed by atoms with E-state index in [0.29, 0.717) is 33.1 Å². The third-order valence-electron chi connectivity index (χ3n) is 4.58. The van der Waals surface area contributed by atoms with Gasteiger partial charge in [-0.3, -0.25) is 19.8 Å². The van der Waals surface area contributed by atoms with E-state index in [1.165, 1.54) is 10.7 Å². The van der Waals surface area contributed by atoms with E-state index in [9.17, 15) is 14.4 Å². The van der Waals surface area contributed by atoms with Crippen molar-refractivity contribution in [2.24, 2.45) is 0 Å². The Hall–Kier alpha value is -2.55. The zero-order valence-electron chi connectivity index (χ0n) is 16.6. The van der Waals surface area contributed by atoms with E-state index in [1.54, 1.807) is 43.3 Å². The first-order valence-corrected chi connectivity index (χ1v) is 10.9. The Kier molecular flexibility index (Phi) is 7.25. The first kappa shape index (κ1) is 23.1. The molecule has 162 valence electrons. The summed E-state index contributed by atoms with van der Waals surface area (Å²) in [5, 5.41) is 6.66. The number of rotatable bonds is 5. The second-order valence-corrected chi connectivity index (χ2v) is 8.60. The lowest BCUT2D eigenvalue weighted by molar-refractivity contribution is -0.137. The van der Waals surface area contributed by atoms with Crippen molar-refractivity contribution in [2.45, 2.75) is 26.3 Å². The fourth-order valence-corrected chi connectivity index (χ4v) is 3.46. The fraction of sp³-hybridized carbons (Fsp3) is 0.190. The van der Waals surface area contributed by atoms with E-state index < -0.39 is 17.7 Å². The van der Waals surface area contributed by atoms with Gasteiger partial charge in [-0.05, 0) is 55.8 Å². The molecule has 3 amide bonds. The average molecular weight is 526 g/mol. The van der Waals surface area contributed by atoms with Gasteiger partial charge in [0.05, 0.1) is 15.6 Å². The number of fused-ring (bicyclic) bond motifs is 1. The minimum absolute atomic E-state index is 0.129. The monoisotopic (exact) mass is 524 g/mol. The van der Waals surface area contributed by atoms with Crippen LogP contribution in [0.3, 0.4) is 0 Å². The van der Waals surface area contributed by atoms with Crippen LogP contribution >= 0.6 is 39.1 Å². The molecule has 3 aromatic rings. The second kappa shape index (κ2) is 9.72. The van der Waals surface area contributed by atoms with E-state index in [1.807, 2.05) is 6.92 Å². The van der Waals surface area contributed by atoms with Crippen LogP contribution in [-0.2, 0) is 9.59 Å². The molecule has 0 aliphatic carbocycles. The van der Waals surface area contributed by atoms with Gasteiger partial charge in [0.1, 0.15) is 5.69 Å². The van der Waals surface area contributed by atoms with Crippen LogP contribution in [0.1, 0.15) is 30.8 Å². The smallest absolute Gasteiger partial charge is 0.328 e. The highest BCUT2D eigenvalue weighted by molar-refractivity contribution is 9.10. The number of nitrogens with zero attached hydrogens (tertiary/aromatic N) is 1. The molecule has 0 spiro atoms. The van der Waals surface area contributed by atoms with Gasteiger partial charge in [0.25, 0.3) is 5.91 Å². The summed E-state index contributed by atoms with van der Waals surface area (Å²) in [6.45, 7) is 3.69. The quantitative estimate of drug-likeness (QED) is 0.411. The Bertz CT molecular complexity index is 1180. The lowest BCUT2D eigenvalue weighted by atomic mass is 10.2. The third kappa shape index (κ3) is 5.39. The normalized spacial score (nSPS) is 11.8. The number of anilines is 1. The highest BCUT2D eigenvalue weighted by Crippen LogP contribution is 2.27. The van der Waals surface area contributed by atoms with Crippen molar-refractivity contribution in [3.8, 4) is 0 Å². The van der Waals surface area contributed by atoms with Gasteiger partial charge in [-0.2, -0.15) is 0 Å². The van der Waals surface area contributed by atoms with Gasteiger partial charge < -0.3 is 10.6 Å². The van der Waals surface area contributed by atoms with Gasteiger partial charge in [0.2, 0.25) is 0 Å². The highest BCUT2D eigenvalue weighted by Gasteiger charge is 2.22. The largest absolute Gasteiger partial charge is 0.345 e. The number of carbonyl (C=O) groups excluding carboxylic acids is 3. The molecule has 3 N–H and O–H groups in total. The Balaban J connectivity index is 1.94. The molecule has 1 heterocycles. The van der Waals surface area contributed by atoms with Crippen molar-refractivity contribution in [3.05, 3.63) is 62.7 Å². The van der Waals surface area contributed by atoms with Crippen LogP contribution < -0.4 is 16.1 Å². The van der Waals surface area contributed by atoms with Gasteiger partial charge in [-0.25, -0.2) is 4.68 Å². The number of hydrogen-bond donors (Lipinski definition) is 3. The maximum atomic E-state index is 13.0. The van der Waals surface area contributed by atoms with E-state index in [4.69, 9.17) is 23.2 Å². The van der Waals surface area contributed by atoms with Crippen molar-refractivity contribution in [1.29, 1.82) is 0 Å². The SMILES string of the molecule is CC[C@@H](C)NC(=O)C(=O)Nn1c(C(=O)Nc2ccc(Cl)c(Cl)c2)cc2cc(Br)ccc21. The van der Waals surface area contributed by atoms with Gasteiger partial charge in [0.15, 0.2) is 0 Å². The standard InChI is InChI=1S/C21H19BrCl2N4O3/c1-3-11(2)25-20(30)21(31)27-28-17-7-4-13(22)8-12(17)9-18(28)19(29)26-14-5-6-15(23)16(24)10-14/h4-11H,3H2,1-2H3,(H,25,30)(H,26,29)(H,27,31)/t11-/m1/s1. The fourth-order valence-electron chi connectivity index (χ4n) is 2.79. The van der Waals surface area contributed by atoms with Gasteiger partial charge in [-0.1, -0.05) is 46.1 Å². The first-order valence-electron chi connectivity index (χ1n) is 9.38. The van der Waals surface area contributed by atoms with E-state index >= 15 is 0 Å². The predicted octanol–water partition coefficient (Wildman–Crippen LogP) is 4.95. The molecule has 0 saturated carbocycles. The van der Waals surface area contributed by atoms with Gasteiger partial charge in [-0.15, -0.1) is 0 Å². The summed E-state index contributed by atoms with van der Waals surface area (Å²) < 4.78 is 2.09. The Morgan fingerprint density at radius 1 is 1.03 bits per heavy atom. The van der Waals surface area contributed by atoms with Crippen LogP contribution in [0.4, 0.5) is 5.69 Å². The zero-order chi connectivity index (χ0) is 22.7. The molecule has 31 heavy (non-hydrogen) atoms. The first-order chi connectivity index (χ1) is 14.7. The molecule has 0 radical (unpaired) electrons.